The highest BCUT2D eigenvalue weighted by molar-refractivity contribution is 6.03. The summed E-state index contributed by atoms with van der Waals surface area (Å²) in [5, 5.41) is 10.5. The normalized spacial score (nSPS) is 10.4. The SMILES string of the molecule is COc1ccc(Cc2nnc(NC(=O)c3cccc(N(C)C)c3)o2)cc1. The molecule has 3 rings (SSSR count). The molecule has 134 valence electrons. The molecule has 0 bridgehead atoms. The topological polar surface area (TPSA) is 80.5 Å². The summed E-state index contributed by atoms with van der Waals surface area (Å²) >= 11 is 0. The van der Waals surface area contributed by atoms with Crippen LogP contribution in [0.4, 0.5) is 11.7 Å². The Hall–Kier alpha value is -3.35. The lowest BCUT2D eigenvalue weighted by Crippen LogP contribution is -2.14. The summed E-state index contributed by atoms with van der Waals surface area (Å²) in [7, 11) is 5.46. The molecule has 0 aliphatic carbocycles. The number of hydrogen-bond acceptors (Lipinski definition) is 6. The minimum absolute atomic E-state index is 0.0776. The predicted octanol–water partition coefficient (Wildman–Crippen LogP) is 2.99. The van der Waals surface area contributed by atoms with Crippen molar-refractivity contribution in [2.24, 2.45) is 0 Å². The molecule has 0 radical (unpaired) electrons. The lowest BCUT2D eigenvalue weighted by molar-refractivity contribution is 0.102. The first kappa shape index (κ1) is 17.5. The van der Waals surface area contributed by atoms with Crippen LogP contribution in [0.25, 0.3) is 0 Å². The van der Waals surface area contributed by atoms with E-state index in [0.717, 1.165) is 17.0 Å². The summed E-state index contributed by atoms with van der Waals surface area (Å²) in [5.41, 5.74) is 2.46. The molecule has 0 fully saturated rings. The zero-order valence-corrected chi connectivity index (χ0v) is 14.9. The first-order valence-corrected chi connectivity index (χ1v) is 8.09. The van der Waals surface area contributed by atoms with Crippen molar-refractivity contribution in [3.8, 4) is 5.75 Å². The fraction of sp³-hybridized carbons (Fsp3) is 0.211. The average molecular weight is 352 g/mol. The number of nitrogens with zero attached hydrogens (tertiary/aromatic N) is 3. The Bertz CT molecular complexity index is 888. The quantitative estimate of drug-likeness (QED) is 0.735. The number of nitrogens with one attached hydrogen (secondary N) is 1. The highest BCUT2D eigenvalue weighted by Crippen LogP contribution is 2.17. The van der Waals surface area contributed by atoms with Crippen molar-refractivity contribution in [2.45, 2.75) is 6.42 Å². The molecule has 0 aliphatic rings. The molecule has 26 heavy (non-hydrogen) atoms. The molecule has 0 spiro atoms. The first-order valence-electron chi connectivity index (χ1n) is 8.09. The molecule has 1 N–H and O–H groups in total. The zero-order chi connectivity index (χ0) is 18.5. The number of methoxy groups -OCH3 is 1. The van der Waals surface area contributed by atoms with Gasteiger partial charge in [0.05, 0.1) is 13.5 Å². The van der Waals surface area contributed by atoms with Gasteiger partial charge in [-0.1, -0.05) is 23.3 Å². The number of amides is 1. The standard InChI is InChI=1S/C19H20N4O3/c1-23(2)15-6-4-5-14(12-15)18(24)20-19-22-21-17(26-19)11-13-7-9-16(25-3)10-8-13/h4-10,12H,11H2,1-3H3,(H,20,22,24). The minimum Gasteiger partial charge on any atom is -0.497 e. The maximum atomic E-state index is 12.4. The molecule has 0 aliphatic heterocycles. The monoisotopic (exact) mass is 352 g/mol. The summed E-state index contributed by atoms with van der Waals surface area (Å²) in [6.45, 7) is 0. The number of aromatic nitrogens is 2. The third-order valence-corrected chi connectivity index (χ3v) is 3.83. The van der Waals surface area contributed by atoms with E-state index in [9.17, 15) is 4.79 Å². The van der Waals surface area contributed by atoms with Crippen molar-refractivity contribution < 1.29 is 13.9 Å². The molecule has 1 amide bonds. The van der Waals surface area contributed by atoms with E-state index in [1.54, 1.807) is 19.2 Å². The number of anilines is 2. The highest BCUT2D eigenvalue weighted by atomic mass is 16.5. The molecule has 0 saturated heterocycles. The van der Waals surface area contributed by atoms with Crippen LogP contribution < -0.4 is 15.0 Å². The number of ether oxygens (including phenoxy) is 1. The van der Waals surface area contributed by atoms with Gasteiger partial charge in [0.15, 0.2) is 0 Å². The molecule has 0 unspecified atom stereocenters. The Kier molecular flexibility index (Phi) is 5.17. The lowest BCUT2D eigenvalue weighted by atomic mass is 10.1. The van der Waals surface area contributed by atoms with E-state index in [-0.39, 0.29) is 11.9 Å². The van der Waals surface area contributed by atoms with Gasteiger partial charge in [0.25, 0.3) is 5.91 Å². The van der Waals surface area contributed by atoms with Crippen LogP contribution in [-0.4, -0.2) is 37.3 Å². The summed E-state index contributed by atoms with van der Waals surface area (Å²) in [4.78, 5) is 14.3. The second-order valence-corrected chi connectivity index (χ2v) is 5.92. The largest absolute Gasteiger partial charge is 0.497 e. The Morgan fingerprint density at radius 3 is 2.62 bits per heavy atom. The van der Waals surface area contributed by atoms with Crippen molar-refractivity contribution >= 4 is 17.6 Å². The van der Waals surface area contributed by atoms with Gasteiger partial charge in [0, 0.05) is 25.3 Å². The smallest absolute Gasteiger partial charge is 0.322 e. The molecular weight excluding hydrogens is 332 g/mol. The van der Waals surface area contributed by atoms with Gasteiger partial charge >= 0.3 is 6.01 Å². The number of rotatable bonds is 6. The van der Waals surface area contributed by atoms with E-state index in [4.69, 9.17) is 9.15 Å². The van der Waals surface area contributed by atoms with Gasteiger partial charge in [-0.15, -0.1) is 5.10 Å². The van der Waals surface area contributed by atoms with Gasteiger partial charge in [-0.2, -0.15) is 0 Å². The summed E-state index contributed by atoms with van der Waals surface area (Å²) < 4.78 is 10.6. The van der Waals surface area contributed by atoms with Gasteiger partial charge < -0.3 is 14.1 Å². The fourth-order valence-electron chi connectivity index (χ4n) is 2.39. The third-order valence-electron chi connectivity index (χ3n) is 3.83. The zero-order valence-electron chi connectivity index (χ0n) is 14.9. The summed E-state index contributed by atoms with van der Waals surface area (Å²) in [5.74, 6) is 0.910. The van der Waals surface area contributed by atoms with Crippen molar-refractivity contribution in [3.05, 3.63) is 65.5 Å². The van der Waals surface area contributed by atoms with Crippen LogP contribution in [0.2, 0.25) is 0 Å². The van der Waals surface area contributed by atoms with Crippen molar-refractivity contribution in [1.82, 2.24) is 10.2 Å². The van der Waals surface area contributed by atoms with Crippen LogP contribution in [0.5, 0.6) is 5.75 Å². The van der Waals surface area contributed by atoms with E-state index in [0.29, 0.717) is 17.9 Å². The maximum Gasteiger partial charge on any atom is 0.322 e. The third kappa shape index (κ3) is 4.18. The Morgan fingerprint density at radius 1 is 1.15 bits per heavy atom. The van der Waals surface area contributed by atoms with Gasteiger partial charge in [-0.3, -0.25) is 10.1 Å². The predicted molar refractivity (Wildman–Crippen MR) is 98.8 cm³/mol. The first-order chi connectivity index (χ1) is 12.5. The minimum atomic E-state index is -0.298. The lowest BCUT2D eigenvalue weighted by Gasteiger charge is -2.12. The number of carbonyl (C=O) groups is 1. The van der Waals surface area contributed by atoms with Gasteiger partial charge in [0.1, 0.15) is 5.75 Å². The molecule has 0 atom stereocenters. The average Bonchev–Trinajstić information content (AvgIpc) is 3.09. The molecule has 1 heterocycles. The van der Waals surface area contributed by atoms with E-state index in [1.165, 1.54) is 0 Å². The van der Waals surface area contributed by atoms with Crippen LogP contribution >= 0.6 is 0 Å². The van der Waals surface area contributed by atoms with Crippen LogP contribution in [0, 0.1) is 0 Å². The van der Waals surface area contributed by atoms with Crippen molar-refractivity contribution in [1.29, 1.82) is 0 Å². The van der Waals surface area contributed by atoms with Crippen LogP contribution in [-0.2, 0) is 6.42 Å². The highest BCUT2D eigenvalue weighted by Gasteiger charge is 2.13. The molecule has 1 aromatic heterocycles. The van der Waals surface area contributed by atoms with Gasteiger partial charge in [0.2, 0.25) is 5.89 Å². The number of carbonyl (C=O) groups excluding carboxylic acids is 1. The van der Waals surface area contributed by atoms with Gasteiger partial charge in [-0.05, 0) is 35.9 Å². The van der Waals surface area contributed by atoms with Crippen molar-refractivity contribution in [2.75, 3.05) is 31.4 Å². The summed E-state index contributed by atoms with van der Waals surface area (Å²) in [6.07, 6.45) is 0.475. The maximum absolute atomic E-state index is 12.4. The second kappa shape index (κ2) is 7.69. The van der Waals surface area contributed by atoms with E-state index in [2.05, 4.69) is 15.5 Å². The molecule has 7 nitrogen and oxygen atoms in total. The Labute approximate surface area is 151 Å². The number of benzene rings is 2. The second-order valence-electron chi connectivity index (χ2n) is 5.92. The van der Waals surface area contributed by atoms with Crippen LogP contribution in [0.3, 0.4) is 0 Å². The molecular formula is C19H20N4O3. The van der Waals surface area contributed by atoms with Crippen LogP contribution in [0.15, 0.2) is 52.9 Å². The number of hydrogen-bond donors (Lipinski definition) is 1. The fourth-order valence-corrected chi connectivity index (χ4v) is 2.39. The Morgan fingerprint density at radius 2 is 1.92 bits per heavy atom. The van der Waals surface area contributed by atoms with Crippen molar-refractivity contribution in [3.63, 3.8) is 0 Å². The molecule has 2 aromatic carbocycles. The van der Waals surface area contributed by atoms with E-state index in [1.807, 2.05) is 55.4 Å². The van der Waals surface area contributed by atoms with E-state index < -0.39 is 0 Å². The molecule has 0 saturated carbocycles. The van der Waals surface area contributed by atoms with E-state index >= 15 is 0 Å². The Balaban J connectivity index is 1.66. The summed E-state index contributed by atoms with van der Waals surface area (Å²) in [6, 6.07) is 14.9. The van der Waals surface area contributed by atoms with Gasteiger partial charge in [-0.25, -0.2) is 0 Å². The molecule has 7 heteroatoms. The van der Waals surface area contributed by atoms with Crippen LogP contribution in [0.1, 0.15) is 21.8 Å². The molecule has 3 aromatic rings.